The van der Waals surface area contributed by atoms with Gasteiger partial charge in [0.1, 0.15) is 0 Å². The molecule has 13 nitrogen and oxygen atoms in total. The lowest BCUT2D eigenvalue weighted by Crippen LogP contribution is -2.39. The monoisotopic (exact) mass is 951 g/mol. The topological polar surface area (TPSA) is 154 Å². The molecular formula is C56H94N12O. The zero-order valence-electron chi connectivity index (χ0n) is 43.6. The van der Waals surface area contributed by atoms with Crippen LogP contribution in [0.5, 0.6) is 0 Å². The summed E-state index contributed by atoms with van der Waals surface area (Å²) in [7, 11) is 12.0. The fourth-order valence-electron chi connectivity index (χ4n) is 8.57. The Morgan fingerprint density at radius 3 is 1.25 bits per heavy atom. The molecular weight excluding hydrogens is 857 g/mol. The van der Waals surface area contributed by atoms with Crippen LogP contribution in [0.4, 0.5) is 22.7 Å². The number of ether oxygens (including phenoxy) is 1. The lowest BCUT2D eigenvalue weighted by Gasteiger charge is -2.20. The van der Waals surface area contributed by atoms with Crippen LogP contribution in [0.15, 0.2) is 84.9 Å². The summed E-state index contributed by atoms with van der Waals surface area (Å²) >= 11 is 0. The standard InChI is InChI=1S/C21H30N4.C21H32N4.C14H32N4O/c1-22-9-3-11-24-18-7-5-16-13-17-6-8-19(25-12-4-10-23-2)15-21(17)20(16)14-18;1-22-13-3-15-24-20-9-5-18(6-10-20)17-19-7-11-21(12-8-19)25-16-4-14-23-2;1-15-7-3-9-17-11-5-14-13(6-12-19-14)18-10-4-8-16-2/h5-8,14-15,22-25H,3-4,9-13H2,1-2H3;5-12,22-25H,3-4,13-17H2,1-2H3;13-18H,3-12H2,1-2H3/t;;13-,14?/m..0/s1. The van der Waals surface area contributed by atoms with Crippen LogP contribution in [-0.2, 0) is 17.6 Å². The van der Waals surface area contributed by atoms with Gasteiger partial charge in [0.2, 0.25) is 0 Å². The maximum atomic E-state index is 5.82. The largest absolute Gasteiger partial charge is 0.385 e. The minimum atomic E-state index is 0.395. The van der Waals surface area contributed by atoms with Crippen LogP contribution in [0.3, 0.4) is 0 Å². The molecule has 4 aromatic rings. The quantitative estimate of drug-likeness (QED) is 0.0202. The fourth-order valence-corrected chi connectivity index (χ4v) is 8.57. The van der Waals surface area contributed by atoms with Crippen molar-refractivity contribution in [2.75, 3.05) is 155 Å². The molecule has 1 aliphatic heterocycles. The number of benzene rings is 4. The Hall–Kier alpha value is -4.28. The second kappa shape index (κ2) is 36.6. The van der Waals surface area contributed by atoms with Crippen molar-refractivity contribution in [3.8, 4) is 11.1 Å². The van der Waals surface area contributed by atoms with Crippen LogP contribution in [0, 0.1) is 0 Å². The Morgan fingerprint density at radius 2 is 0.812 bits per heavy atom. The van der Waals surface area contributed by atoms with Crippen LogP contribution in [-0.4, -0.2) is 146 Å². The summed E-state index contributed by atoms with van der Waals surface area (Å²) in [4.78, 5) is 0. The zero-order valence-corrected chi connectivity index (χ0v) is 43.6. The molecule has 0 bridgehead atoms. The summed E-state index contributed by atoms with van der Waals surface area (Å²) in [6, 6.07) is 31.7. The molecule has 2 aliphatic rings. The summed E-state index contributed by atoms with van der Waals surface area (Å²) < 4.78 is 5.82. The SMILES string of the molecule is CNCCCNCCC1OCC[C@@H]1NCCCNC.CNCCCNc1ccc(Cc2ccc(NCCCNC)cc2)cc1.CNCCCNc1ccc2c(c1)-c1cc(NCCCNC)ccc1C2. The van der Waals surface area contributed by atoms with Crippen LogP contribution in [0.2, 0.25) is 0 Å². The van der Waals surface area contributed by atoms with Crippen LogP contribution >= 0.6 is 0 Å². The van der Waals surface area contributed by atoms with Gasteiger partial charge in [0.15, 0.2) is 0 Å². The highest BCUT2D eigenvalue weighted by molar-refractivity contribution is 5.81. The van der Waals surface area contributed by atoms with Crippen molar-refractivity contribution in [1.29, 1.82) is 0 Å². The van der Waals surface area contributed by atoms with E-state index in [4.69, 9.17) is 4.74 Å². The van der Waals surface area contributed by atoms with E-state index in [0.717, 1.165) is 143 Å². The summed E-state index contributed by atoms with van der Waals surface area (Å²) in [6.45, 7) is 14.5. The van der Waals surface area contributed by atoms with Crippen LogP contribution < -0.4 is 63.8 Å². The highest BCUT2D eigenvalue weighted by Gasteiger charge is 2.27. The van der Waals surface area contributed by atoms with Crippen LogP contribution in [0.25, 0.3) is 11.1 Å². The van der Waals surface area contributed by atoms with Crippen molar-refractivity contribution in [2.24, 2.45) is 0 Å². The molecule has 0 saturated carbocycles. The molecule has 0 radical (unpaired) electrons. The van der Waals surface area contributed by atoms with Crippen molar-refractivity contribution >= 4 is 22.7 Å². The molecule has 1 aliphatic carbocycles. The van der Waals surface area contributed by atoms with Gasteiger partial charge >= 0.3 is 0 Å². The van der Waals surface area contributed by atoms with E-state index in [9.17, 15) is 0 Å². The van der Waals surface area contributed by atoms with Gasteiger partial charge in [-0.25, -0.2) is 0 Å². The smallest absolute Gasteiger partial charge is 0.0740 e. The summed E-state index contributed by atoms with van der Waals surface area (Å²) in [5.74, 6) is 0. The first-order valence-corrected chi connectivity index (χ1v) is 26.3. The number of nitrogens with one attached hydrogen (secondary N) is 12. The Bertz CT molecular complexity index is 1770. The molecule has 0 aromatic heterocycles. The minimum Gasteiger partial charge on any atom is -0.385 e. The number of hydrogen-bond acceptors (Lipinski definition) is 13. The van der Waals surface area contributed by atoms with E-state index in [1.165, 1.54) is 69.0 Å². The molecule has 4 aromatic carbocycles. The fraction of sp³-hybridized carbons (Fsp3) is 0.571. The first-order chi connectivity index (χ1) is 34.0. The Morgan fingerprint density at radius 1 is 0.420 bits per heavy atom. The van der Waals surface area contributed by atoms with Crippen LogP contribution in [0.1, 0.15) is 73.6 Å². The molecule has 1 saturated heterocycles. The first kappa shape index (κ1) is 57.3. The molecule has 69 heavy (non-hydrogen) atoms. The molecule has 12 N–H and O–H groups in total. The van der Waals surface area contributed by atoms with E-state index in [1.54, 1.807) is 0 Å². The number of rotatable bonds is 34. The second-order valence-electron chi connectivity index (χ2n) is 18.2. The van der Waals surface area contributed by atoms with Gasteiger partial charge in [-0.15, -0.1) is 0 Å². The molecule has 0 amide bonds. The molecule has 384 valence electrons. The molecule has 13 heteroatoms. The van der Waals surface area contributed by atoms with Crippen molar-refractivity contribution in [2.45, 2.75) is 76.4 Å². The summed E-state index contributed by atoms with van der Waals surface area (Å²) in [5, 5.41) is 40.1. The van der Waals surface area contributed by atoms with Gasteiger partial charge in [-0.1, -0.05) is 36.4 Å². The number of anilines is 4. The molecule has 0 spiro atoms. The molecule has 6 rings (SSSR count). The maximum absolute atomic E-state index is 5.82. The van der Waals surface area contributed by atoms with Crippen molar-refractivity contribution in [1.82, 2.24) is 42.5 Å². The predicted octanol–water partition coefficient (Wildman–Crippen LogP) is 6.55. The van der Waals surface area contributed by atoms with Gasteiger partial charge in [-0.05, 0) is 247 Å². The highest BCUT2D eigenvalue weighted by atomic mass is 16.5. The molecule has 1 unspecified atom stereocenters. The summed E-state index contributed by atoms with van der Waals surface area (Å²) in [6.07, 6.45) is 11.6. The van der Waals surface area contributed by atoms with Gasteiger partial charge < -0.3 is 68.5 Å². The second-order valence-corrected chi connectivity index (χ2v) is 18.2. The normalized spacial score (nSPS) is 14.5. The Kier molecular flexibility index (Phi) is 30.4. The van der Waals surface area contributed by atoms with Crippen molar-refractivity contribution in [3.63, 3.8) is 0 Å². The van der Waals surface area contributed by atoms with Crippen molar-refractivity contribution < 1.29 is 4.74 Å². The lowest BCUT2D eigenvalue weighted by atomic mass is 10.0. The van der Waals surface area contributed by atoms with Gasteiger partial charge in [-0.3, -0.25) is 0 Å². The van der Waals surface area contributed by atoms with Gasteiger partial charge in [-0.2, -0.15) is 0 Å². The van der Waals surface area contributed by atoms with E-state index in [0.29, 0.717) is 12.1 Å². The summed E-state index contributed by atoms with van der Waals surface area (Å²) in [5.41, 5.74) is 13.1. The van der Waals surface area contributed by atoms with Gasteiger partial charge in [0.05, 0.1) is 6.10 Å². The third kappa shape index (κ3) is 23.5. The third-order valence-corrected chi connectivity index (χ3v) is 12.5. The predicted molar refractivity (Wildman–Crippen MR) is 299 cm³/mol. The lowest BCUT2D eigenvalue weighted by molar-refractivity contribution is 0.0914. The van der Waals surface area contributed by atoms with E-state index in [1.807, 2.05) is 42.3 Å². The third-order valence-electron chi connectivity index (χ3n) is 12.5. The average Bonchev–Trinajstić information content (AvgIpc) is 3.99. The molecule has 1 fully saturated rings. The Labute approximate surface area is 418 Å². The van der Waals surface area contributed by atoms with E-state index in [-0.39, 0.29) is 0 Å². The van der Waals surface area contributed by atoms with Gasteiger partial charge in [0.25, 0.3) is 0 Å². The zero-order chi connectivity index (χ0) is 49.0. The molecule has 2 atom stereocenters. The highest BCUT2D eigenvalue weighted by Crippen LogP contribution is 2.39. The number of hydrogen-bond donors (Lipinski definition) is 12. The first-order valence-electron chi connectivity index (χ1n) is 26.3. The molecule has 1 heterocycles. The van der Waals surface area contributed by atoms with E-state index >= 15 is 0 Å². The van der Waals surface area contributed by atoms with Gasteiger partial charge in [0, 0.05) is 61.6 Å². The Balaban J connectivity index is 0.000000228. The average molecular weight is 951 g/mol. The maximum Gasteiger partial charge on any atom is 0.0740 e. The van der Waals surface area contributed by atoms with Crippen molar-refractivity contribution in [3.05, 3.63) is 107 Å². The van der Waals surface area contributed by atoms with E-state index < -0.39 is 0 Å². The number of fused-ring (bicyclic) bond motifs is 3. The minimum absolute atomic E-state index is 0.395. The van der Waals surface area contributed by atoms with E-state index in [2.05, 4.69) is 149 Å².